The lowest BCUT2D eigenvalue weighted by Gasteiger charge is -2.20. The molecule has 0 unspecified atom stereocenters. The van der Waals surface area contributed by atoms with Crippen LogP contribution in [-0.2, 0) is 4.74 Å². The fraction of sp³-hybridized carbons (Fsp3) is 0.190. The highest BCUT2D eigenvalue weighted by Crippen LogP contribution is 2.24. The number of nitrogens with one attached hydrogen (secondary N) is 2. The summed E-state index contributed by atoms with van der Waals surface area (Å²) in [6.07, 6.45) is 0.934. The number of hydrogen-bond donors (Lipinski definition) is 2. The van der Waals surface area contributed by atoms with Crippen LogP contribution in [0.1, 0.15) is 31.3 Å². The van der Waals surface area contributed by atoms with Crippen LogP contribution in [0.25, 0.3) is 5.69 Å². The summed E-state index contributed by atoms with van der Waals surface area (Å²) in [5, 5.41) is 9.33. The molecule has 7 nitrogen and oxygen atoms in total. The monoisotopic (exact) mass is 396 g/mol. The van der Waals surface area contributed by atoms with E-state index in [9.17, 15) is 14.0 Å². The first-order chi connectivity index (χ1) is 13.7. The molecule has 29 heavy (non-hydrogen) atoms. The standard InChI is InChI=1S/C21H21FN4O3/c1-21(2,3)29-20(28)24-16-10-9-14(22)13-18(16)23-19(27)17-11-12-26(25-17)15-7-5-4-6-8-15/h4-13H,1-3H3,(H,23,27)(H,24,28). The summed E-state index contributed by atoms with van der Waals surface area (Å²) in [5.41, 5.74) is 0.537. The molecule has 0 bridgehead atoms. The van der Waals surface area contributed by atoms with Crippen LogP contribution < -0.4 is 10.6 Å². The summed E-state index contributed by atoms with van der Waals surface area (Å²) in [7, 11) is 0. The van der Waals surface area contributed by atoms with E-state index in [0.29, 0.717) is 0 Å². The molecular weight excluding hydrogens is 375 g/mol. The largest absolute Gasteiger partial charge is 0.444 e. The van der Waals surface area contributed by atoms with Gasteiger partial charge in [-0.1, -0.05) is 18.2 Å². The lowest BCUT2D eigenvalue weighted by atomic mass is 10.2. The molecule has 1 aromatic heterocycles. The molecule has 2 N–H and O–H groups in total. The van der Waals surface area contributed by atoms with Crippen LogP contribution in [0, 0.1) is 5.82 Å². The van der Waals surface area contributed by atoms with Crippen molar-refractivity contribution in [3.63, 3.8) is 0 Å². The second-order valence-corrected chi connectivity index (χ2v) is 7.25. The Labute approximate surface area is 167 Å². The highest BCUT2D eigenvalue weighted by atomic mass is 19.1. The first kappa shape index (κ1) is 20.1. The fourth-order valence-electron chi connectivity index (χ4n) is 2.50. The number of amides is 2. The van der Waals surface area contributed by atoms with Crippen molar-refractivity contribution in [1.82, 2.24) is 9.78 Å². The summed E-state index contributed by atoms with van der Waals surface area (Å²) >= 11 is 0. The summed E-state index contributed by atoms with van der Waals surface area (Å²) in [6.45, 7) is 5.18. The van der Waals surface area contributed by atoms with Gasteiger partial charge in [-0.15, -0.1) is 0 Å². The van der Waals surface area contributed by atoms with Crippen LogP contribution in [-0.4, -0.2) is 27.4 Å². The predicted octanol–water partition coefficient (Wildman–Crippen LogP) is 4.61. The minimum Gasteiger partial charge on any atom is -0.444 e. The number of ether oxygens (including phenoxy) is 1. The predicted molar refractivity (Wildman–Crippen MR) is 108 cm³/mol. The molecule has 0 aliphatic carbocycles. The Hall–Kier alpha value is -3.68. The van der Waals surface area contributed by atoms with Gasteiger partial charge in [0.2, 0.25) is 0 Å². The van der Waals surface area contributed by atoms with E-state index < -0.39 is 23.4 Å². The van der Waals surface area contributed by atoms with Gasteiger partial charge in [-0.05, 0) is 57.2 Å². The molecular formula is C21H21FN4O3. The molecule has 150 valence electrons. The van der Waals surface area contributed by atoms with Crippen molar-refractivity contribution < 1.29 is 18.7 Å². The molecule has 0 aliphatic heterocycles. The Morgan fingerprint density at radius 3 is 2.41 bits per heavy atom. The van der Waals surface area contributed by atoms with Gasteiger partial charge < -0.3 is 10.1 Å². The van der Waals surface area contributed by atoms with Gasteiger partial charge >= 0.3 is 6.09 Å². The Kier molecular flexibility index (Phi) is 5.63. The molecule has 8 heteroatoms. The Bertz CT molecular complexity index is 1030. The average Bonchev–Trinajstić information content (AvgIpc) is 3.13. The number of carbonyl (C=O) groups excluding carboxylic acids is 2. The fourth-order valence-corrected chi connectivity index (χ4v) is 2.50. The number of nitrogens with zero attached hydrogens (tertiary/aromatic N) is 2. The third-order valence-corrected chi connectivity index (χ3v) is 3.71. The summed E-state index contributed by atoms with van der Waals surface area (Å²) in [5.74, 6) is -1.11. The van der Waals surface area contributed by atoms with Crippen molar-refractivity contribution in [2.24, 2.45) is 0 Å². The molecule has 3 aromatic rings. The lowest BCUT2D eigenvalue weighted by Crippen LogP contribution is -2.27. The lowest BCUT2D eigenvalue weighted by molar-refractivity contribution is 0.0635. The van der Waals surface area contributed by atoms with Gasteiger partial charge in [0.1, 0.15) is 11.4 Å². The van der Waals surface area contributed by atoms with Gasteiger partial charge in [0, 0.05) is 6.20 Å². The van der Waals surface area contributed by atoms with E-state index in [0.717, 1.165) is 11.8 Å². The third kappa shape index (κ3) is 5.41. The number of para-hydroxylation sites is 1. The van der Waals surface area contributed by atoms with Crippen molar-refractivity contribution in [2.75, 3.05) is 10.6 Å². The van der Waals surface area contributed by atoms with Crippen molar-refractivity contribution in [3.05, 3.63) is 72.3 Å². The molecule has 1 heterocycles. The minimum atomic E-state index is -0.715. The highest BCUT2D eigenvalue weighted by Gasteiger charge is 2.19. The number of benzene rings is 2. The molecule has 0 fully saturated rings. The van der Waals surface area contributed by atoms with E-state index in [1.807, 2.05) is 30.3 Å². The number of anilines is 2. The number of carbonyl (C=O) groups is 2. The van der Waals surface area contributed by atoms with Crippen LogP contribution in [0.4, 0.5) is 20.6 Å². The Morgan fingerprint density at radius 2 is 1.72 bits per heavy atom. The first-order valence-corrected chi connectivity index (χ1v) is 8.93. The van der Waals surface area contributed by atoms with Crippen molar-refractivity contribution in [2.45, 2.75) is 26.4 Å². The smallest absolute Gasteiger partial charge is 0.412 e. The topological polar surface area (TPSA) is 85.3 Å². The second kappa shape index (κ2) is 8.14. The van der Waals surface area contributed by atoms with E-state index in [4.69, 9.17) is 4.74 Å². The van der Waals surface area contributed by atoms with E-state index in [2.05, 4.69) is 15.7 Å². The van der Waals surface area contributed by atoms with Crippen LogP contribution >= 0.6 is 0 Å². The van der Waals surface area contributed by atoms with E-state index in [1.54, 1.807) is 37.7 Å². The van der Waals surface area contributed by atoms with E-state index in [1.165, 1.54) is 12.1 Å². The van der Waals surface area contributed by atoms with Crippen LogP contribution in [0.15, 0.2) is 60.8 Å². The number of aromatic nitrogens is 2. The molecule has 0 atom stereocenters. The second-order valence-electron chi connectivity index (χ2n) is 7.25. The average molecular weight is 396 g/mol. The van der Waals surface area contributed by atoms with E-state index >= 15 is 0 Å². The molecule has 0 saturated heterocycles. The van der Waals surface area contributed by atoms with Crippen molar-refractivity contribution >= 4 is 23.4 Å². The maximum Gasteiger partial charge on any atom is 0.412 e. The molecule has 0 radical (unpaired) electrons. The van der Waals surface area contributed by atoms with Crippen molar-refractivity contribution in [1.29, 1.82) is 0 Å². The van der Waals surface area contributed by atoms with Gasteiger partial charge in [-0.3, -0.25) is 10.1 Å². The number of halogens is 1. The van der Waals surface area contributed by atoms with Crippen LogP contribution in [0.3, 0.4) is 0 Å². The zero-order valence-electron chi connectivity index (χ0n) is 16.3. The molecule has 2 amide bonds. The quantitative estimate of drug-likeness (QED) is 0.674. The van der Waals surface area contributed by atoms with Gasteiger partial charge in [0.25, 0.3) is 5.91 Å². The summed E-state index contributed by atoms with van der Waals surface area (Å²) in [6, 6.07) is 14.5. The maximum atomic E-state index is 13.7. The minimum absolute atomic E-state index is 0.0927. The van der Waals surface area contributed by atoms with Crippen LogP contribution in [0.5, 0.6) is 0 Å². The van der Waals surface area contributed by atoms with Crippen LogP contribution in [0.2, 0.25) is 0 Å². The van der Waals surface area contributed by atoms with Gasteiger partial charge in [0.05, 0.1) is 17.1 Å². The molecule has 0 saturated carbocycles. The zero-order chi connectivity index (χ0) is 21.0. The van der Waals surface area contributed by atoms with Gasteiger partial charge in [0.15, 0.2) is 5.69 Å². The summed E-state index contributed by atoms with van der Waals surface area (Å²) < 4.78 is 20.5. The number of hydrogen-bond acceptors (Lipinski definition) is 4. The van der Waals surface area contributed by atoms with Gasteiger partial charge in [-0.25, -0.2) is 13.9 Å². The molecule has 0 spiro atoms. The molecule has 0 aliphatic rings. The number of rotatable bonds is 4. The first-order valence-electron chi connectivity index (χ1n) is 8.93. The zero-order valence-corrected chi connectivity index (χ0v) is 16.3. The highest BCUT2D eigenvalue weighted by molar-refractivity contribution is 6.05. The summed E-state index contributed by atoms with van der Waals surface area (Å²) in [4.78, 5) is 24.6. The third-order valence-electron chi connectivity index (χ3n) is 3.71. The van der Waals surface area contributed by atoms with Crippen molar-refractivity contribution in [3.8, 4) is 5.69 Å². The van der Waals surface area contributed by atoms with E-state index in [-0.39, 0.29) is 17.1 Å². The SMILES string of the molecule is CC(C)(C)OC(=O)Nc1ccc(F)cc1NC(=O)c1ccn(-c2ccccc2)n1. The Morgan fingerprint density at radius 1 is 1.00 bits per heavy atom. The molecule has 2 aromatic carbocycles. The Balaban J connectivity index is 1.77. The molecule has 3 rings (SSSR count). The van der Waals surface area contributed by atoms with Gasteiger partial charge in [-0.2, -0.15) is 5.10 Å². The normalized spacial score (nSPS) is 11.0. The maximum absolute atomic E-state index is 13.7.